The van der Waals surface area contributed by atoms with Crippen molar-refractivity contribution in [2.24, 2.45) is 35.5 Å². The van der Waals surface area contributed by atoms with Crippen LogP contribution < -0.4 is 0 Å². The molecule has 108 valence electrons. The maximum atomic E-state index is 6.46. The molecule has 0 aromatic heterocycles. The molecular formula is C18H30O. The fourth-order valence-corrected chi connectivity index (χ4v) is 6.52. The molecule has 4 aliphatic rings. The van der Waals surface area contributed by atoms with Gasteiger partial charge in [0.15, 0.2) is 0 Å². The molecule has 1 heteroatoms. The highest BCUT2D eigenvalue weighted by molar-refractivity contribution is 5.11. The molecule has 0 aromatic carbocycles. The predicted molar refractivity (Wildman–Crippen MR) is 77.9 cm³/mol. The number of hydrogen-bond acceptors (Lipinski definition) is 1. The van der Waals surface area contributed by atoms with Crippen LogP contribution in [0.5, 0.6) is 0 Å². The SMILES string of the molecule is CCCCC(C)OC1CC2CC1C1C3CCC(C3)C21. The summed E-state index contributed by atoms with van der Waals surface area (Å²) in [5, 5.41) is 0. The number of unbranched alkanes of at least 4 members (excludes halogenated alkanes) is 1. The number of rotatable bonds is 5. The summed E-state index contributed by atoms with van der Waals surface area (Å²) in [6.45, 7) is 4.59. The van der Waals surface area contributed by atoms with Crippen LogP contribution in [0.15, 0.2) is 0 Å². The lowest BCUT2D eigenvalue weighted by Gasteiger charge is -2.39. The molecule has 0 radical (unpaired) electrons. The van der Waals surface area contributed by atoms with Crippen LogP contribution >= 0.6 is 0 Å². The smallest absolute Gasteiger partial charge is 0.0612 e. The minimum Gasteiger partial charge on any atom is -0.375 e. The molecule has 0 N–H and O–H groups in total. The van der Waals surface area contributed by atoms with E-state index in [4.69, 9.17) is 4.74 Å². The molecule has 4 saturated carbocycles. The third-order valence-electron chi connectivity index (χ3n) is 7.04. The van der Waals surface area contributed by atoms with Gasteiger partial charge < -0.3 is 4.74 Å². The number of fused-ring (bicyclic) bond motifs is 9. The fraction of sp³-hybridized carbons (Fsp3) is 1.00. The van der Waals surface area contributed by atoms with E-state index in [9.17, 15) is 0 Å². The number of hydrogen-bond donors (Lipinski definition) is 0. The molecule has 0 amide bonds. The van der Waals surface area contributed by atoms with Gasteiger partial charge in [0.25, 0.3) is 0 Å². The Hall–Kier alpha value is -0.0400. The van der Waals surface area contributed by atoms with Crippen LogP contribution in [0.25, 0.3) is 0 Å². The summed E-state index contributed by atoms with van der Waals surface area (Å²) in [6, 6.07) is 0. The van der Waals surface area contributed by atoms with Gasteiger partial charge in [-0.3, -0.25) is 0 Å². The molecule has 0 heterocycles. The summed E-state index contributed by atoms with van der Waals surface area (Å²) in [4.78, 5) is 0. The zero-order valence-electron chi connectivity index (χ0n) is 12.7. The lowest BCUT2D eigenvalue weighted by Crippen LogP contribution is -2.37. The van der Waals surface area contributed by atoms with Crippen molar-refractivity contribution in [1.29, 1.82) is 0 Å². The van der Waals surface area contributed by atoms with Crippen LogP contribution in [-0.4, -0.2) is 12.2 Å². The van der Waals surface area contributed by atoms with E-state index in [1.54, 1.807) is 19.3 Å². The van der Waals surface area contributed by atoms with Gasteiger partial charge in [0.2, 0.25) is 0 Å². The summed E-state index contributed by atoms with van der Waals surface area (Å²) < 4.78 is 6.46. The van der Waals surface area contributed by atoms with E-state index < -0.39 is 0 Å². The lowest BCUT2D eigenvalue weighted by molar-refractivity contribution is -0.0655. The second-order valence-corrected chi connectivity index (χ2v) is 8.01. The topological polar surface area (TPSA) is 9.23 Å². The first-order valence-corrected chi connectivity index (χ1v) is 8.93. The van der Waals surface area contributed by atoms with Crippen LogP contribution in [0.4, 0.5) is 0 Å². The average Bonchev–Trinajstić information content (AvgIpc) is 3.13. The Bertz CT molecular complexity index is 339. The van der Waals surface area contributed by atoms with E-state index in [-0.39, 0.29) is 0 Å². The molecule has 19 heavy (non-hydrogen) atoms. The third kappa shape index (κ3) is 1.91. The van der Waals surface area contributed by atoms with Crippen LogP contribution in [0.2, 0.25) is 0 Å². The molecular weight excluding hydrogens is 232 g/mol. The molecule has 8 atom stereocenters. The van der Waals surface area contributed by atoms with Crippen molar-refractivity contribution < 1.29 is 4.74 Å². The van der Waals surface area contributed by atoms with Gasteiger partial charge in [-0.1, -0.05) is 19.8 Å². The van der Waals surface area contributed by atoms with Gasteiger partial charge in [-0.2, -0.15) is 0 Å². The molecule has 0 spiro atoms. The van der Waals surface area contributed by atoms with Gasteiger partial charge in [0.1, 0.15) is 0 Å². The van der Waals surface area contributed by atoms with E-state index in [2.05, 4.69) is 13.8 Å². The number of ether oxygens (including phenoxy) is 1. The first-order valence-electron chi connectivity index (χ1n) is 8.93. The Balaban J connectivity index is 1.39. The summed E-state index contributed by atoms with van der Waals surface area (Å²) in [5.41, 5.74) is 0. The van der Waals surface area contributed by atoms with Crippen molar-refractivity contribution >= 4 is 0 Å². The summed E-state index contributed by atoms with van der Waals surface area (Å²) in [5.74, 6) is 6.45. The van der Waals surface area contributed by atoms with Crippen LogP contribution in [0.3, 0.4) is 0 Å². The molecule has 0 aliphatic heterocycles. The Morgan fingerprint density at radius 1 is 1.00 bits per heavy atom. The van der Waals surface area contributed by atoms with Crippen molar-refractivity contribution in [3.8, 4) is 0 Å². The highest BCUT2D eigenvalue weighted by Crippen LogP contribution is 2.67. The summed E-state index contributed by atoms with van der Waals surface area (Å²) in [7, 11) is 0. The van der Waals surface area contributed by atoms with E-state index in [1.165, 1.54) is 32.1 Å². The van der Waals surface area contributed by atoms with Crippen molar-refractivity contribution in [3.63, 3.8) is 0 Å². The molecule has 0 saturated heterocycles. The Labute approximate surface area is 118 Å². The van der Waals surface area contributed by atoms with Crippen molar-refractivity contribution in [2.45, 2.75) is 77.4 Å². The van der Waals surface area contributed by atoms with Crippen LogP contribution in [-0.2, 0) is 4.74 Å². The van der Waals surface area contributed by atoms with Gasteiger partial charge in [0.05, 0.1) is 12.2 Å². The predicted octanol–water partition coefficient (Wildman–Crippen LogP) is 4.65. The maximum Gasteiger partial charge on any atom is 0.0612 e. The molecule has 4 bridgehead atoms. The van der Waals surface area contributed by atoms with Crippen molar-refractivity contribution in [3.05, 3.63) is 0 Å². The zero-order valence-corrected chi connectivity index (χ0v) is 12.7. The molecule has 4 fully saturated rings. The molecule has 0 aromatic rings. The van der Waals surface area contributed by atoms with Gasteiger partial charge in [-0.15, -0.1) is 0 Å². The summed E-state index contributed by atoms with van der Waals surface area (Å²) >= 11 is 0. The molecule has 1 nitrogen and oxygen atoms in total. The van der Waals surface area contributed by atoms with Gasteiger partial charge in [-0.05, 0) is 81.0 Å². The minimum absolute atomic E-state index is 0.501. The molecule has 4 rings (SSSR count). The lowest BCUT2D eigenvalue weighted by atomic mass is 9.70. The van der Waals surface area contributed by atoms with E-state index in [1.807, 2.05) is 0 Å². The van der Waals surface area contributed by atoms with E-state index in [0.717, 1.165) is 35.5 Å². The largest absolute Gasteiger partial charge is 0.375 e. The van der Waals surface area contributed by atoms with Crippen molar-refractivity contribution in [1.82, 2.24) is 0 Å². The van der Waals surface area contributed by atoms with Gasteiger partial charge in [-0.25, -0.2) is 0 Å². The Morgan fingerprint density at radius 3 is 2.58 bits per heavy atom. The zero-order chi connectivity index (χ0) is 13.0. The van der Waals surface area contributed by atoms with Gasteiger partial charge in [0, 0.05) is 0 Å². The first-order chi connectivity index (χ1) is 9.28. The molecule has 8 unspecified atom stereocenters. The Kier molecular flexibility index (Phi) is 3.17. The fourth-order valence-electron chi connectivity index (χ4n) is 6.52. The average molecular weight is 262 g/mol. The van der Waals surface area contributed by atoms with Crippen LogP contribution in [0, 0.1) is 35.5 Å². The highest BCUT2D eigenvalue weighted by atomic mass is 16.5. The standard InChI is InChI=1S/C18H30O/c1-3-4-5-11(2)19-16-10-14-9-15(16)18-13-7-6-12(8-13)17(14)18/h11-18H,3-10H2,1-2H3. The first kappa shape index (κ1) is 12.7. The monoisotopic (exact) mass is 262 g/mol. The van der Waals surface area contributed by atoms with Gasteiger partial charge >= 0.3 is 0 Å². The van der Waals surface area contributed by atoms with Crippen molar-refractivity contribution in [2.75, 3.05) is 0 Å². The third-order valence-corrected chi connectivity index (χ3v) is 7.04. The normalized spacial score (nSPS) is 51.8. The minimum atomic E-state index is 0.501. The van der Waals surface area contributed by atoms with Crippen LogP contribution in [0.1, 0.15) is 65.2 Å². The van der Waals surface area contributed by atoms with E-state index >= 15 is 0 Å². The molecule has 4 aliphatic carbocycles. The quantitative estimate of drug-likeness (QED) is 0.655. The highest BCUT2D eigenvalue weighted by Gasteiger charge is 2.62. The van der Waals surface area contributed by atoms with E-state index in [0.29, 0.717) is 12.2 Å². The second-order valence-electron chi connectivity index (χ2n) is 8.01. The Morgan fingerprint density at radius 2 is 1.79 bits per heavy atom. The second kappa shape index (κ2) is 4.76. The summed E-state index contributed by atoms with van der Waals surface area (Å²) in [6.07, 6.45) is 12.7. The maximum absolute atomic E-state index is 6.46.